The van der Waals surface area contributed by atoms with Gasteiger partial charge in [-0.3, -0.25) is 9.20 Å². The van der Waals surface area contributed by atoms with Gasteiger partial charge >= 0.3 is 0 Å². The minimum Gasteiger partial charge on any atom is -0.490 e. The maximum absolute atomic E-state index is 13.3. The fourth-order valence-corrected chi connectivity index (χ4v) is 3.81. The second-order valence-corrected chi connectivity index (χ2v) is 9.09. The quantitative estimate of drug-likeness (QED) is 0.597. The van der Waals surface area contributed by atoms with Crippen molar-refractivity contribution in [2.45, 2.75) is 63.7 Å². The molecular weight excluding hydrogens is 392 g/mol. The van der Waals surface area contributed by atoms with Crippen LogP contribution in [0.4, 0.5) is 0 Å². The van der Waals surface area contributed by atoms with E-state index >= 15 is 0 Å². The van der Waals surface area contributed by atoms with Crippen LogP contribution in [0.1, 0.15) is 72.9 Å². The Morgan fingerprint density at radius 3 is 2.74 bits per heavy atom. The van der Waals surface area contributed by atoms with E-state index in [-0.39, 0.29) is 5.91 Å². The predicted molar refractivity (Wildman–Crippen MR) is 116 cm³/mol. The Hall–Kier alpha value is -2.93. The lowest BCUT2D eigenvalue weighted by atomic mass is 9.94. The summed E-state index contributed by atoms with van der Waals surface area (Å²) in [4.78, 5) is 22.4. The van der Waals surface area contributed by atoms with Gasteiger partial charge in [0.15, 0.2) is 11.3 Å². The number of hydrogen-bond acceptors (Lipinski definition) is 5. The third-order valence-corrected chi connectivity index (χ3v) is 5.91. The molecule has 7 heteroatoms. The van der Waals surface area contributed by atoms with E-state index in [9.17, 15) is 4.79 Å². The lowest BCUT2D eigenvalue weighted by Gasteiger charge is -2.27. The van der Waals surface area contributed by atoms with Crippen LogP contribution in [0.2, 0.25) is 0 Å². The normalized spacial score (nSPS) is 16.5. The molecule has 1 N–H and O–H groups in total. The summed E-state index contributed by atoms with van der Waals surface area (Å²) >= 11 is 0. The highest BCUT2D eigenvalue weighted by Crippen LogP contribution is 2.39. The molecule has 0 radical (unpaired) electrons. The molecule has 2 heterocycles. The number of methoxy groups -OCH3 is 1. The average Bonchev–Trinajstić information content (AvgIpc) is 3.67. The summed E-state index contributed by atoms with van der Waals surface area (Å²) in [6, 6.07) is 10.00. The minimum absolute atomic E-state index is 0.246. The number of nitrogens with one attached hydrogen (secondary N) is 1. The second kappa shape index (κ2) is 7.64. The number of nitrogens with zero attached hydrogens (tertiary/aromatic N) is 3. The monoisotopic (exact) mass is 420 g/mol. The van der Waals surface area contributed by atoms with Crippen molar-refractivity contribution >= 4 is 11.6 Å². The van der Waals surface area contributed by atoms with Gasteiger partial charge in [0.2, 0.25) is 0 Å². The second-order valence-electron chi connectivity index (χ2n) is 9.09. The van der Waals surface area contributed by atoms with Crippen LogP contribution in [0, 0.1) is 0 Å². The first kappa shape index (κ1) is 20.0. The van der Waals surface area contributed by atoms with Crippen LogP contribution in [-0.4, -0.2) is 33.5 Å². The number of benzene rings is 1. The van der Waals surface area contributed by atoms with Crippen molar-refractivity contribution in [3.05, 3.63) is 59.3 Å². The van der Waals surface area contributed by atoms with Crippen LogP contribution in [0.5, 0.6) is 5.75 Å². The van der Waals surface area contributed by atoms with Crippen LogP contribution in [0.25, 0.3) is 5.65 Å². The topological polar surface area (TPSA) is 77.8 Å². The van der Waals surface area contributed by atoms with Crippen LogP contribution in [0.3, 0.4) is 0 Å². The molecule has 1 amide bonds. The van der Waals surface area contributed by atoms with Gasteiger partial charge in [-0.25, -0.2) is 9.97 Å². The lowest BCUT2D eigenvalue weighted by molar-refractivity contribution is 0.0908. The molecule has 0 saturated heterocycles. The number of amides is 1. The molecule has 162 valence electrons. The number of ether oxygens (including phenoxy) is 2. The maximum atomic E-state index is 13.3. The third-order valence-electron chi connectivity index (χ3n) is 5.91. The first-order valence-electron chi connectivity index (χ1n) is 10.9. The molecule has 0 atom stereocenters. The molecule has 5 rings (SSSR count). The number of carbonyl (C=O) groups is 1. The fraction of sp³-hybridized carbons (Fsp3) is 0.458. The van der Waals surface area contributed by atoms with E-state index in [0.29, 0.717) is 30.0 Å². The van der Waals surface area contributed by atoms with Gasteiger partial charge in [-0.15, -0.1) is 0 Å². The molecule has 2 aliphatic carbocycles. The predicted octanol–water partition coefficient (Wildman–Crippen LogP) is 3.96. The first-order valence-corrected chi connectivity index (χ1v) is 10.9. The van der Waals surface area contributed by atoms with Gasteiger partial charge in [-0.2, -0.15) is 0 Å². The minimum atomic E-state index is -0.598. The Labute approximate surface area is 181 Å². The summed E-state index contributed by atoms with van der Waals surface area (Å²) in [7, 11) is 1.66. The number of aromatic nitrogens is 3. The Bertz CT molecular complexity index is 1130. The summed E-state index contributed by atoms with van der Waals surface area (Å²) in [5, 5.41) is 3.14. The van der Waals surface area contributed by atoms with Gasteiger partial charge in [0.05, 0.1) is 23.9 Å². The summed E-state index contributed by atoms with van der Waals surface area (Å²) < 4.78 is 13.1. The molecule has 0 spiro atoms. The van der Waals surface area contributed by atoms with Crippen molar-refractivity contribution in [1.29, 1.82) is 0 Å². The van der Waals surface area contributed by atoms with E-state index in [0.717, 1.165) is 48.4 Å². The smallest absolute Gasteiger partial charge is 0.274 e. The first-order chi connectivity index (χ1) is 14.9. The summed E-state index contributed by atoms with van der Waals surface area (Å²) in [6.45, 7) is 4.41. The molecule has 0 bridgehead atoms. The molecule has 2 saturated carbocycles. The van der Waals surface area contributed by atoms with Gasteiger partial charge in [-0.05, 0) is 63.3 Å². The summed E-state index contributed by atoms with van der Waals surface area (Å²) in [5.74, 6) is 1.07. The SMILES string of the molecule is COCc1cc(C2CC2)nc2c(C(=O)NC(C)(C)c3cccc(OC4CC4)c3)ncn12. The van der Waals surface area contributed by atoms with Crippen LogP contribution in [0.15, 0.2) is 36.7 Å². The molecule has 0 unspecified atom stereocenters. The number of carbonyl (C=O) groups excluding carboxylic acids is 1. The standard InChI is InChI=1S/C24H28N4O3/c1-24(2,16-5-4-6-19(11-16)31-18-9-10-18)27-23(29)21-22-26-20(15-7-8-15)12-17(13-30-3)28(22)14-25-21/h4-6,11-12,14-15,18H,7-10,13H2,1-3H3,(H,27,29). The van der Waals surface area contributed by atoms with Gasteiger partial charge in [0.1, 0.15) is 12.1 Å². The van der Waals surface area contributed by atoms with Gasteiger partial charge < -0.3 is 14.8 Å². The van der Waals surface area contributed by atoms with Gasteiger partial charge in [0.25, 0.3) is 5.91 Å². The van der Waals surface area contributed by atoms with E-state index in [2.05, 4.69) is 16.4 Å². The van der Waals surface area contributed by atoms with Crippen molar-refractivity contribution in [3.63, 3.8) is 0 Å². The van der Waals surface area contributed by atoms with E-state index in [1.165, 1.54) is 0 Å². The van der Waals surface area contributed by atoms with E-state index in [1.54, 1.807) is 13.4 Å². The Kier molecular flexibility index (Phi) is 4.93. The average molecular weight is 421 g/mol. The zero-order chi connectivity index (χ0) is 21.6. The zero-order valence-electron chi connectivity index (χ0n) is 18.2. The van der Waals surface area contributed by atoms with E-state index in [4.69, 9.17) is 14.5 Å². The van der Waals surface area contributed by atoms with Gasteiger partial charge in [0, 0.05) is 18.7 Å². The third kappa shape index (κ3) is 4.14. The van der Waals surface area contributed by atoms with Crippen LogP contribution < -0.4 is 10.1 Å². The molecule has 3 aromatic rings. The van der Waals surface area contributed by atoms with Crippen molar-refractivity contribution in [3.8, 4) is 5.75 Å². The Morgan fingerprint density at radius 2 is 2.03 bits per heavy atom. The van der Waals surface area contributed by atoms with Crippen LogP contribution in [-0.2, 0) is 16.9 Å². The molecule has 2 fully saturated rings. The van der Waals surface area contributed by atoms with Crippen molar-refractivity contribution < 1.29 is 14.3 Å². The Balaban J connectivity index is 1.43. The number of rotatable bonds is 8. The number of imidazole rings is 1. The van der Waals surface area contributed by atoms with Crippen molar-refractivity contribution in [1.82, 2.24) is 19.7 Å². The molecule has 2 aliphatic rings. The Morgan fingerprint density at radius 1 is 1.23 bits per heavy atom. The van der Waals surface area contributed by atoms with E-state index < -0.39 is 5.54 Å². The molecule has 2 aromatic heterocycles. The molecule has 1 aromatic carbocycles. The van der Waals surface area contributed by atoms with Crippen LogP contribution >= 0.6 is 0 Å². The number of hydrogen-bond donors (Lipinski definition) is 1. The summed E-state index contributed by atoms with van der Waals surface area (Å²) in [6.07, 6.45) is 6.48. The lowest BCUT2D eigenvalue weighted by Crippen LogP contribution is -2.41. The number of fused-ring (bicyclic) bond motifs is 1. The maximum Gasteiger partial charge on any atom is 0.274 e. The van der Waals surface area contributed by atoms with Crippen molar-refractivity contribution in [2.75, 3.05) is 7.11 Å². The largest absolute Gasteiger partial charge is 0.490 e. The van der Waals surface area contributed by atoms with Gasteiger partial charge in [-0.1, -0.05) is 12.1 Å². The molecule has 0 aliphatic heterocycles. The fourth-order valence-electron chi connectivity index (χ4n) is 3.81. The molecule has 31 heavy (non-hydrogen) atoms. The summed E-state index contributed by atoms with van der Waals surface area (Å²) in [5.41, 5.74) is 3.26. The highest BCUT2D eigenvalue weighted by Gasteiger charge is 2.30. The molecule has 7 nitrogen and oxygen atoms in total. The zero-order valence-corrected chi connectivity index (χ0v) is 18.2. The van der Waals surface area contributed by atoms with Crippen molar-refractivity contribution in [2.24, 2.45) is 0 Å². The molecular formula is C24H28N4O3. The highest BCUT2D eigenvalue weighted by atomic mass is 16.5. The van der Waals surface area contributed by atoms with E-state index in [1.807, 2.05) is 42.5 Å². The highest BCUT2D eigenvalue weighted by molar-refractivity contribution is 5.98.